The number of nitrogens with one attached hydrogen (secondary N) is 1. The summed E-state index contributed by atoms with van der Waals surface area (Å²) in [6.07, 6.45) is 1.45. The SMILES string of the molecule is CC(C)c1nnc2n1CC(NC(=O)C(F)Cl)CC2. The number of carbonyl (C=O) groups is 1. The summed E-state index contributed by atoms with van der Waals surface area (Å²) in [7, 11) is 0. The number of hydrogen-bond donors (Lipinski definition) is 1. The van der Waals surface area contributed by atoms with Crippen LogP contribution in [0.2, 0.25) is 0 Å². The summed E-state index contributed by atoms with van der Waals surface area (Å²) in [5.74, 6) is 1.31. The Morgan fingerprint density at radius 2 is 2.28 bits per heavy atom. The van der Waals surface area contributed by atoms with Gasteiger partial charge in [0.05, 0.1) is 0 Å². The van der Waals surface area contributed by atoms with Gasteiger partial charge in [0.25, 0.3) is 11.5 Å². The predicted molar refractivity (Wildman–Crippen MR) is 65.1 cm³/mol. The largest absolute Gasteiger partial charge is 0.348 e. The first kappa shape index (κ1) is 13.3. The highest BCUT2D eigenvalue weighted by atomic mass is 35.5. The van der Waals surface area contributed by atoms with Gasteiger partial charge in [-0.3, -0.25) is 4.79 Å². The minimum absolute atomic E-state index is 0.115. The second-order valence-corrected chi connectivity index (χ2v) is 5.17. The zero-order valence-electron chi connectivity index (χ0n) is 10.4. The molecule has 1 aliphatic rings. The summed E-state index contributed by atoms with van der Waals surface area (Å²) in [6.45, 7) is 4.65. The van der Waals surface area contributed by atoms with Crippen LogP contribution in [-0.2, 0) is 17.8 Å². The molecule has 18 heavy (non-hydrogen) atoms. The lowest BCUT2D eigenvalue weighted by Gasteiger charge is -2.25. The molecule has 1 amide bonds. The third-order valence-electron chi connectivity index (χ3n) is 3.04. The van der Waals surface area contributed by atoms with Crippen molar-refractivity contribution < 1.29 is 9.18 Å². The molecule has 1 aliphatic heterocycles. The fraction of sp³-hybridized carbons (Fsp3) is 0.727. The van der Waals surface area contributed by atoms with Crippen molar-refractivity contribution in [1.29, 1.82) is 0 Å². The molecule has 2 rings (SSSR count). The quantitative estimate of drug-likeness (QED) is 0.847. The standard InChI is InChI=1S/C11H16ClFN4O/c1-6(2)10-16-15-8-4-3-7(5-17(8)10)14-11(18)9(12)13/h6-7,9H,3-5H2,1-2H3,(H,14,18). The van der Waals surface area contributed by atoms with Crippen LogP contribution in [0, 0.1) is 0 Å². The van der Waals surface area contributed by atoms with Gasteiger partial charge < -0.3 is 9.88 Å². The van der Waals surface area contributed by atoms with Crippen molar-refractivity contribution in [2.75, 3.05) is 0 Å². The molecule has 100 valence electrons. The highest BCUT2D eigenvalue weighted by molar-refractivity contribution is 6.29. The van der Waals surface area contributed by atoms with Crippen molar-refractivity contribution >= 4 is 17.5 Å². The number of aryl methyl sites for hydroxylation is 1. The highest BCUT2D eigenvalue weighted by Gasteiger charge is 2.26. The van der Waals surface area contributed by atoms with Gasteiger partial charge in [0.1, 0.15) is 11.6 Å². The van der Waals surface area contributed by atoms with Crippen LogP contribution < -0.4 is 5.32 Å². The van der Waals surface area contributed by atoms with E-state index in [1.165, 1.54) is 0 Å². The van der Waals surface area contributed by atoms with Crippen molar-refractivity contribution in [2.45, 2.75) is 50.8 Å². The average Bonchev–Trinajstić information content (AvgIpc) is 2.71. The van der Waals surface area contributed by atoms with E-state index in [1.807, 2.05) is 18.4 Å². The maximum Gasteiger partial charge on any atom is 0.270 e. The molecule has 1 aromatic rings. The average molecular weight is 275 g/mol. The molecular formula is C11H16ClFN4O. The molecule has 7 heteroatoms. The molecule has 0 aromatic carbocycles. The van der Waals surface area contributed by atoms with Gasteiger partial charge in [-0.15, -0.1) is 10.2 Å². The molecule has 2 atom stereocenters. The van der Waals surface area contributed by atoms with Crippen LogP contribution in [0.1, 0.15) is 37.8 Å². The number of aromatic nitrogens is 3. The van der Waals surface area contributed by atoms with Gasteiger partial charge in [-0.25, -0.2) is 4.39 Å². The summed E-state index contributed by atoms with van der Waals surface area (Å²) in [4.78, 5) is 11.2. The number of fused-ring (bicyclic) bond motifs is 1. The summed E-state index contributed by atoms with van der Waals surface area (Å²) >= 11 is 5.10. The summed E-state index contributed by atoms with van der Waals surface area (Å²) in [6, 6.07) is -0.115. The van der Waals surface area contributed by atoms with E-state index in [4.69, 9.17) is 11.6 Å². The van der Waals surface area contributed by atoms with E-state index in [9.17, 15) is 9.18 Å². The van der Waals surface area contributed by atoms with Crippen molar-refractivity contribution in [3.05, 3.63) is 11.6 Å². The van der Waals surface area contributed by atoms with E-state index in [-0.39, 0.29) is 12.0 Å². The third-order valence-corrected chi connectivity index (χ3v) is 3.23. The smallest absolute Gasteiger partial charge is 0.270 e. The Labute approximate surface area is 110 Å². The van der Waals surface area contributed by atoms with Gasteiger partial charge in [0, 0.05) is 24.9 Å². The van der Waals surface area contributed by atoms with Gasteiger partial charge in [-0.1, -0.05) is 25.4 Å². The second kappa shape index (κ2) is 5.22. The molecule has 0 saturated carbocycles. The lowest BCUT2D eigenvalue weighted by atomic mass is 10.1. The van der Waals surface area contributed by atoms with Crippen LogP contribution in [0.15, 0.2) is 0 Å². The maximum atomic E-state index is 12.6. The minimum Gasteiger partial charge on any atom is -0.348 e. The molecule has 2 unspecified atom stereocenters. The van der Waals surface area contributed by atoms with E-state index in [1.54, 1.807) is 0 Å². The van der Waals surface area contributed by atoms with Crippen LogP contribution in [-0.4, -0.2) is 32.3 Å². The zero-order valence-corrected chi connectivity index (χ0v) is 11.1. The Morgan fingerprint density at radius 1 is 1.56 bits per heavy atom. The van der Waals surface area contributed by atoms with Crippen LogP contribution >= 0.6 is 11.6 Å². The fourth-order valence-electron chi connectivity index (χ4n) is 2.16. The summed E-state index contributed by atoms with van der Waals surface area (Å²) in [5, 5.41) is 10.9. The fourth-order valence-corrected chi connectivity index (χ4v) is 2.22. The van der Waals surface area contributed by atoms with Crippen LogP contribution in [0.5, 0.6) is 0 Å². The first-order valence-corrected chi connectivity index (χ1v) is 6.43. The highest BCUT2D eigenvalue weighted by Crippen LogP contribution is 2.20. The van der Waals surface area contributed by atoms with E-state index < -0.39 is 11.5 Å². The van der Waals surface area contributed by atoms with Gasteiger partial charge in [0.2, 0.25) is 0 Å². The molecule has 5 nitrogen and oxygen atoms in total. The Bertz CT molecular complexity index is 446. The molecule has 2 heterocycles. The molecule has 0 aliphatic carbocycles. The monoisotopic (exact) mass is 274 g/mol. The first-order valence-electron chi connectivity index (χ1n) is 5.99. The van der Waals surface area contributed by atoms with Crippen molar-refractivity contribution in [3.8, 4) is 0 Å². The Kier molecular flexibility index (Phi) is 3.85. The molecular weight excluding hydrogens is 259 g/mol. The number of carbonyl (C=O) groups excluding carboxylic acids is 1. The van der Waals surface area contributed by atoms with Gasteiger partial charge >= 0.3 is 0 Å². The van der Waals surface area contributed by atoms with Crippen molar-refractivity contribution in [2.24, 2.45) is 0 Å². The van der Waals surface area contributed by atoms with Crippen molar-refractivity contribution in [3.63, 3.8) is 0 Å². The third kappa shape index (κ3) is 2.63. The molecule has 0 fully saturated rings. The molecule has 0 radical (unpaired) electrons. The van der Waals surface area contributed by atoms with Crippen LogP contribution in [0.4, 0.5) is 4.39 Å². The maximum absolute atomic E-state index is 12.6. The van der Waals surface area contributed by atoms with E-state index in [0.29, 0.717) is 6.54 Å². The topological polar surface area (TPSA) is 59.8 Å². The Morgan fingerprint density at radius 3 is 2.89 bits per heavy atom. The number of amides is 1. The van der Waals surface area contributed by atoms with Gasteiger partial charge in [-0.2, -0.15) is 0 Å². The van der Waals surface area contributed by atoms with E-state index in [2.05, 4.69) is 15.5 Å². The van der Waals surface area contributed by atoms with E-state index in [0.717, 1.165) is 24.5 Å². The number of hydrogen-bond acceptors (Lipinski definition) is 3. The Hall–Kier alpha value is -1.17. The first-order chi connectivity index (χ1) is 8.49. The molecule has 1 aromatic heterocycles. The minimum atomic E-state index is -1.99. The number of nitrogens with zero attached hydrogens (tertiary/aromatic N) is 3. The lowest BCUT2D eigenvalue weighted by molar-refractivity contribution is -0.124. The summed E-state index contributed by atoms with van der Waals surface area (Å²) < 4.78 is 14.6. The van der Waals surface area contributed by atoms with Crippen LogP contribution in [0.3, 0.4) is 0 Å². The van der Waals surface area contributed by atoms with Gasteiger partial charge in [-0.05, 0) is 6.42 Å². The Balaban J connectivity index is 2.09. The molecule has 0 bridgehead atoms. The molecule has 0 saturated heterocycles. The van der Waals surface area contributed by atoms with Crippen LogP contribution in [0.25, 0.3) is 0 Å². The zero-order chi connectivity index (χ0) is 13.3. The number of rotatable bonds is 3. The van der Waals surface area contributed by atoms with Crippen molar-refractivity contribution in [1.82, 2.24) is 20.1 Å². The second-order valence-electron chi connectivity index (χ2n) is 4.78. The van der Waals surface area contributed by atoms with Gasteiger partial charge in [0.15, 0.2) is 0 Å². The number of alkyl halides is 2. The van der Waals surface area contributed by atoms with E-state index >= 15 is 0 Å². The molecule has 1 N–H and O–H groups in total. The summed E-state index contributed by atoms with van der Waals surface area (Å²) in [5.41, 5.74) is -1.99. The number of halogens is 2. The lowest BCUT2D eigenvalue weighted by Crippen LogP contribution is -2.43. The normalized spacial score (nSPS) is 20.6. The molecule has 0 spiro atoms. The predicted octanol–water partition coefficient (Wildman–Crippen LogP) is 1.37.